The Kier molecular flexibility index (Phi) is 7.34. The molecular formula is C26H34N4O4. The Hall–Kier alpha value is -3.16. The van der Waals surface area contributed by atoms with Crippen molar-refractivity contribution >= 4 is 40.2 Å². The molecule has 3 heterocycles. The number of anilines is 2. The second-order valence-electron chi connectivity index (χ2n) is 9.32. The van der Waals surface area contributed by atoms with Gasteiger partial charge < -0.3 is 19.9 Å². The number of aromatic nitrogens is 1. The standard InChI is InChI=1S/C26H34N4O4/c1-4-34-26(33)20-9-13-30(14-10-20)25(32)19-7-11-29(12-8-19)24-15-17(2)22-16-21(27-18(3)31)5-6-23(22)28-24/h5-6,15-16,19-20H,4,7-14H2,1-3H3,(H,27,31). The lowest BCUT2D eigenvalue weighted by atomic mass is 9.92. The van der Waals surface area contributed by atoms with Gasteiger partial charge >= 0.3 is 5.97 Å². The minimum absolute atomic E-state index is 0.0251. The van der Waals surface area contributed by atoms with Crippen molar-refractivity contribution in [2.45, 2.75) is 46.5 Å². The van der Waals surface area contributed by atoms with Gasteiger partial charge in [0.25, 0.3) is 0 Å². The minimum atomic E-state index is -0.132. The van der Waals surface area contributed by atoms with Gasteiger partial charge in [-0.3, -0.25) is 14.4 Å². The maximum atomic E-state index is 13.1. The second-order valence-corrected chi connectivity index (χ2v) is 9.32. The van der Waals surface area contributed by atoms with Gasteiger partial charge in [-0.1, -0.05) is 0 Å². The summed E-state index contributed by atoms with van der Waals surface area (Å²) in [5.74, 6) is 0.864. The van der Waals surface area contributed by atoms with Crippen molar-refractivity contribution in [3.63, 3.8) is 0 Å². The van der Waals surface area contributed by atoms with Gasteiger partial charge in [0.05, 0.1) is 18.0 Å². The molecule has 0 bridgehead atoms. The highest BCUT2D eigenvalue weighted by molar-refractivity contribution is 5.93. The lowest BCUT2D eigenvalue weighted by Crippen LogP contribution is -2.46. The van der Waals surface area contributed by atoms with Crippen molar-refractivity contribution in [1.82, 2.24) is 9.88 Å². The fraction of sp³-hybridized carbons (Fsp3) is 0.538. The molecule has 1 aromatic heterocycles. The third-order valence-electron chi connectivity index (χ3n) is 6.92. The van der Waals surface area contributed by atoms with Gasteiger partial charge in [-0.05, 0) is 69.4 Å². The van der Waals surface area contributed by atoms with E-state index in [-0.39, 0.29) is 29.6 Å². The molecule has 8 nitrogen and oxygen atoms in total. The molecule has 0 radical (unpaired) electrons. The van der Waals surface area contributed by atoms with Gasteiger partial charge in [0, 0.05) is 50.1 Å². The van der Waals surface area contributed by atoms with Crippen molar-refractivity contribution in [3.05, 3.63) is 29.8 Å². The number of pyridine rings is 1. The van der Waals surface area contributed by atoms with Gasteiger partial charge in [-0.25, -0.2) is 4.98 Å². The number of aryl methyl sites for hydroxylation is 1. The molecule has 182 valence electrons. The quantitative estimate of drug-likeness (QED) is 0.678. The van der Waals surface area contributed by atoms with Crippen LogP contribution in [0, 0.1) is 18.8 Å². The van der Waals surface area contributed by atoms with Crippen LogP contribution in [-0.2, 0) is 19.1 Å². The first-order valence-corrected chi connectivity index (χ1v) is 12.2. The molecule has 1 aromatic carbocycles. The van der Waals surface area contributed by atoms with E-state index in [1.807, 2.05) is 30.0 Å². The van der Waals surface area contributed by atoms with Crippen LogP contribution in [0.1, 0.15) is 45.1 Å². The summed E-state index contributed by atoms with van der Waals surface area (Å²) in [5, 5.41) is 3.84. The molecule has 2 fully saturated rings. The Morgan fingerprint density at radius 2 is 1.71 bits per heavy atom. The fourth-order valence-corrected chi connectivity index (χ4v) is 5.03. The average molecular weight is 467 g/mol. The highest BCUT2D eigenvalue weighted by atomic mass is 16.5. The zero-order valence-electron chi connectivity index (χ0n) is 20.3. The number of hydrogen-bond acceptors (Lipinski definition) is 6. The van der Waals surface area contributed by atoms with Crippen LogP contribution in [0.25, 0.3) is 10.9 Å². The number of likely N-dealkylation sites (tertiary alicyclic amines) is 1. The summed E-state index contributed by atoms with van der Waals surface area (Å²) in [6.45, 7) is 8.62. The van der Waals surface area contributed by atoms with Crippen LogP contribution in [0.15, 0.2) is 24.3 Å². The molecule has 8 heteroatoms. The van der Waals surface area contributed by atoms with E-state index in [9.17, 15) is 14.4 Å². The number of carbonyl (C=O) groups excluding carboxylic acids is 3. The topological polar surface area (TPSA) is 91.8 Å². The van der Waals surface area contributed by atoms with Crippen LogP contribution < -0.4 is 10.2 Å². The number of carbonyl (C=O) groups is 3. The lowest BCUT2D eigenvalue weighted by Gasteiger charge is -2.37. The van der Waals surface area contributed by atoms with Crippen LogP contribution in [0.4, 0.5) is 11.5 Å². The van der Waals surface area contributed by atoms with E-state index in [1.165, 1.54) is 6.92 Å². The summed E-state index contributed by atoms with van der Waals surface area (Å²) in [6.07, 6.45) is 2.98. The third kappa shape index (κ3) is 5.32. The normalized spacial score (nSPS) is 17.6. The SMILES string of the molecule is CCOC(=O)C1CCN(C(=O)C2CCN(c3cc(C)c4cc(NC(C)=O)ccc4n3)CC2)CC1. The highest BCUT2D eigenvalue weighted by Crippen LogP contribution is 2.29. The van der Waals surface area contributed by atoms with Crippen LogP contribution >= 0.6 is 0 Å². The molecule has 0 unspecified atom stereocenters. The maximum absolute atomic E-state index is 13.1. The first-order chi connectivity index (χ1) is 16.4. The smallest absolute Gasteiger partial charge is 0.309 e. The molecule has 2 amide bonds. The van der Waals surface area contributed by atoms with Crippen LogP contribution in [0.2, 0.25) is 0 Å². The van der Waals surface area contributed by atoms with Crippen molar-refractivity contribution < 1.29 is 19.1 Å². The van der Waals surface area contributed by atoms with Crippen molar-refractivity contribution in [3.8, 4) is 0 Å². The number of esters is 1. The molecule has 2 aliphatic heterocycles. The highest BCUT2D eigenvalue weighted by Gasteiger charge is 2.33. The predicted octanol–water partition coefficient (Wildman–Crippen LogP) is 3.52. The molecule has 0 saturated carbocycles. The molecule has 2 aromatic rings. The summed E-state index contributed by atoms with van der Waals surface area (Å²) in [4.78, 5) is 45.4. The van der Waals surface area contributed by atoms with Crippen molar-refractivity contribution in [1.29, 1.82) is 0 Å². The molecule has 4 rings (SSSR count). The summed E-state index contributed by atoms with van der Waals surface area (Å²) in [7, 11) is 0. The number of ether oxygens (including phenoxy) is 1. The van der Waals surface area contributed by atoms with E-state index in [1.54, 1.807) is 0 Å². The van der Waals surface area contributed by atoms with E-state index in [0.717, 1.165) is 53.9 Å². The molecule has 2 aliphatic rings. The zero-order valence-corrected chi connectivity index (χ0v) is 20.3. The van der Waals surface area contributed by atoms with Crippen LogP contribution in [-0.4, -0.2) is 60.5 Å². The molecule has 2 saturated heterocycles. The molecule has 34 heavy (non-hydrogen) atoms. The monoisotopic (exact) mass is 466 g/mol. The summed E-state index contributed by atoms with van der Waals surface area (Å²) in [5.41, 5.74) is 2.77. The molecule has 0 spiro atoms. The van der Waals surface area contributed by atoms with Gasteiger partial charge in [-0.2, -0.15) is 0 Å². The number of piperidine rings is 2. The minimum Gasteiger partial charge on any atom is -0.466 e. The third-order valence-corrected chi connectivity index (χ3v) is 6.92. The second kappa shape index (κ2) is 10.4. The summed E-state index contributed by atoms with van der Waals surface area (Å²) < 4.78 is 5.13. The van der Waals surface area contributed by atoms with Crippen molar-refractivity contribution in [2.24, 2.45) is 11.8 Å². The molecule has 1 N–H and O–H groups in total. The van der Waals surface area contributed by atoms with Gasteiger partial charge in [0.1, 0.15) is 5.82 Å². The van der Waals surface area contributed by atoms with E-state index < -0.39 is 0 Å². The van der Waals surface area contributed by atoms with Gasteiger partial charge in [-0.15, -0.1) is 0 Å². The number of rotatable bonds is 5. The summed E-state index contributed by atoms with van der Waals surface area (Å²) in [6, 6.07) is 7.85. The Balaban J connectivity index is 1.35. The van der Waals surface area contributed by atoms with Crippen LogP contribution in [0.3, 0.4) is 0 Å². The number of amides is 2. The Bertz CT molecular complexity index is 1070. The average Bonchev–Trinajstić information content (AvgIpc) is 2.84. The van der Waals surface area contributed by atoms with E-state index in [4.69, 9.17) is 9.72 Å². The number of nitrogens with zero attached hydrogens (tertiary/aromatic N) is 3. The first-order valence-electron chi connectivity index (χ1n) is 12.2. The maximum Gasteiger partial charge on any atom is 0.309 e. The van der Waals surface area contributed by atoms with Crippen LogP contribution in [0.5, 0.6) is 0 Å². The first kappa shape index (κ1) is 24.0. The molecular weight excluding hydrogens is 432 g/mol. The van der Waals surface area contributed by atoms with E-state index in [0.29, 0.717) is 32.5 Å². The van der Waals surface area contributed by atoms with Gasteiger partial charge in [0.2, 0.25) is 11.8 Å². The number of hydrogen-bond donors (Lipinski definition) is 1. The molecule has 0 aliphatic carbocycles. The lowest BCUT2D eigenvalue weighted by molar-refractivity contribution is -0.151. The number of benzene rings is 1. The Labute approximate surface area is 200 Å². The molecule has 0 atom stereocenters. The zero-order chi connectivity index (χ0) is 24.2. The number of fused-ring (bicyclic) bond motifs is 1. The van der Waals surface area contributed by atoms with Gasteiger partial charge in [0.15, 0.2) is 0 Å². The Morgan fingerprint density at radius 1 is 1.03 bits per heavy atom. The fourth-order valence-electron chi connectivity index (χ4n) is 5.03. The Morgan fingerprint density at radius 3 is 2.35 bits per heavy atom. The predicted molar refractivity (Wildman–Crippen MR) is 132 cm³/mol. The number of nitrogens with one attached hydrogen (secondary N) is 1. The van der Waals surface area contributed by atoms with E-state index in [2.05, 4.69) is 23.2 Å². The van der Waals surface area contributed by atoms with E-state index >= 15 is 0 Å². The van der Waals surface area contributed by atoms with Crippen molar-refractivity contribution in [2.75, 3.05) is 43.0 Å². The summed E-state index contributed by atoms with van der Waals surface area (Å²) >= 11 is 0. The largest absolute Gasteiger partial charge is 0.466 e.